The molecule has 5 aromatic rings. The number of nitrogens with two attached hydrogens (primary N) is 1. The molecule has 1 radical (unpaired) electrons. The first-order valence-electron chi connectivity index (χ1n) is 9.99. The van der Waals surface area contributed by atoms with Gasteiger partial charge < -0.3 is 10.3 Å². The van der Waals surface area contributed by atoms with Crippen LogP contribution in [0.15, 0.2) is 66.7 Å². The second-order valence-corrected chi connectivity index (χ2v) is 9.36. The van der Waals surface area contributed by atoms with Crippen LogP contribution in [0.2, 0.25) is 20.1 Å². The van der Waals surface area contributed by atoms with Gasteiger partial charge in [0.25, 0.3) is 0 Å². The quantitative estimate of drug-likeness (QED) is 0.260. The zero-order chi connectivity index (χ0) is 23.3. The predicted molar refractivity (Wildman–Crippen MR) is 138 cm³/mol. The summed E-state index contributed by atoms with van der Waals surface area (Å²) >= 11 is 25.4. The molecule has 0 saturated carbocycles. The van der Waals surface area contributed by atoms with E-state index in [-0.39, 0.29) is 0 Å². The summed E-state index contributed by atoms with van der Waals surface area (Å²) in [5.74, 6) is -0.503. The van der Waals surface area contributed by atoms with Crippen LogP contribution in [0.25, 0.3) is 32.9 Å². The predicted octanol–water partition coefficient (Wildman–Crippen LogP) is 8.02. The zero-order valence-corrected chi connectivity index (χ0v) is 20.0. The van der Waals surface area contributed by atoms with Crippen LogP contribution < -0.4 is 5.73 Å². The lowest BCUT2D eigenvalue weighted by atomic mass is 10.0. The number of nitrogens with zero attached hydrogens (tertiary/aromatic N) is 1. The summed E-state index contributed by atoms with van der Waals surface area (Å²) in [6.45, 7) is 0.468. The highest BCUT2D eigenvalue weighted by atomic mass is 35.5. The Balaban J connectivity index is 1.83. The average molecular weight is 513 g/mol. The number of benzene rings is 4. The Morgan fingerprint density at radius 1 is 0.879 bits per heavy atom. The minimum atomic E-state index is -0.503. The Hall–Kier alpha value is -2.69. The van der Waals surface area contributed by atoms with Crippen molar-refractivity contribution in [1.29, 1.82) is 0 Å². The van der Waals surface area contributed by atoms with Gasteiger partial charge in [0, 0.05) is 48.5 Å². The fourth-order valence-electron chi connectivity index (χ4n) is 4.23. The number of carbonyl (C=O) groups excluding carboxylic acids is 1. The molecule has 163 valence electrons. The first-order chi connectivity index (χ1) is 15.8. The molecule has 5 rings (SSSR count). The van der Waals surface area contributed by atoms with E-state index in [2.05, 4.69) is 10.6 Å². The van der Waals surface area contributed by atoms with Crippen LogP contribution in [0.4, 0.5) is 0 Å². The molecular formula is C26H15Cl4N2O. The van der Waals surface area contributed by atoms with Gasteiger partial charge in [-0.2, -0.15) is 0 Å². The Morgan fingerprint density at radius 2 is 1.55 bits per heavy atom. The molecule has 0 fully saturated rings. The molecule has 0 unspecified atom stereocenters. The molecule has 7 heteroatoms. The van der Waals surface area contributed by atoms with Crippen LogP contribution in [0.1, 0.15) is 15.9 Å². The molecular weight excluding hydrogens is 498 g/mol. The second-order valence-electron chi connectivity index (χ2n) is 7.67. The van der Waals surface area contributed by atoms with Crippen LogP contribution in [-0.4, -0.2) is 10.5 Å². The third-order valence-corrected chi connectivity index (χ3v) is 6.64. The summed E-state index contributed by atoms with van der Waals surface area (Å²) in [5, 5.41) is 3.69. The van der Waals surface area contributed by atoms with Crippen molar-refractivity contribution in [3.8, 4) is 11.1 Å². The SMILES string of the molecule is NC(=O)c1cccc2c1c1[c]cc(-c3c(Cl)cccc3Cl)cc1n2Cc1cc(Cl)cc(Cl)c1. The largest absolute Gasteiger partial charge is 0.366 e. The van der Waals surface area contributed by atoms with Gasteiger partial charge in [-0.15, -0.1) is 0 Å². The average Bonchev–Trinajstić information content (AvgIpc) is 3.06. The van der Waals surface area contributed by atoms with Crippen LogP contribution >= 0.6 is 46.4 Å². The van der Waals surface area contributed by atoms with Crippen molar-refractivity contribution >= 4 is 74.1 Å². The Labute approximate surface area is 210 Å². The van der Waals surface area contributed by atoms with E-state index in [9.17, 15) is 4.79 Å². The lowest BCUT2D eigenvalue weighted by Crippen LogP contribution is -2.11. The van der Waals surface area contributed by atoms with E-state index in [1.807, 2.05) is 36.4 Å². The van der Waals surface area contributed by atoms with Crippen molar-refractivity contribution in [1.82, 2.24) is 4.57 Å². The molecule has 0 atom stereocenters. The van der Waals surface area contributed by atoms with Crippen molar-refractivity contribution in [3.63, 3.8) is 0 Å². The van der Waals surface area contributed by atoms with Crippen molar-refractivity contribution in [2.75, 3.05) is 0 Å². The second kappa shape index (κ2) is 8.58. The van der Waals surface area contributed by atoms with Gasteiger partial charge >= 0.3 is 0 Å². The molecule has 1 amide bonds. The summed E-state index contributed by atoms with van der Waals surface area (Å²) in [6, 6.07) is 23.4. The Morgan fingerprint density at radius 3 is 2.21 bits per heavy atom. The molecule has 0 bridgehead atoms. The van der Waals surface area contributed by atoms with Gasteiger partial charge in [-0.25, -0.2) is 0 Å². The van der Waals surface area contributed by atoms with E-state index < -0.39 is 5.91 Å². The van der Waals surface area contributed by atoms with E-state index in [0.29, 0.717) is 32.2 Å². The van der Waals surface area contributed by atoms with Crippen molar-refractivity contribution in [3.05, 3.63) is 104 Å². The molecule has 0 aliphatic carbocycles. The van der Waals surface area contributed by atoms with Crippen LogP contribution in [-0.2, 0) is 6.54 Å². The number of carbonyl (C=O) groups is 1. The molecule has 0 spiro atoms. The minimum Gasteiger partial charge on any atom is -0.366 e. The molecule has 4 aromatic carbocycles. The summed E-state index contributed by atoms with van der Waals surface area (Å²) in [6.07, 6.45) is 0. The van der Waals surface area contributed by atoms with Gasteiger partial charge in [-0.3, -0.25) is 4.79 Å². The van der Waals surface area contributed by atoms with E-state index >= 15 is 0 Å². The number of hydrogen-bond donors (Lipinski definition) is 1. The normalized spacial score (nSPS) is 11.4. The monoisotopic (exact) mass is 511 g/mol. The fourth-order valence-corrected chi connectivity index (χ4v) is 5.42. The first-order valence-corrected chi connectivity index (χ1v) is 11.5. The zero-order valence-electron chi connectivity index (χ0n) is 17.0. The lowest BCUT2D eigenvalue weighted by Gasteiger charge is -2.11. The standard InChI is InChI=1S/C26H15Cl4N2O/c27-16-9-14(10-17(28)12-16)13-32-22-6-1-3-19(26(31)33)25(22)18-8-7-15(11-23(18)32)24-20(29)4-2-5-21(24)30/h1-7,9-12H,13H2,(H2,31,33). The van der Waals surface area contributed by atoms with Crippen LogP contribution in [0.3, 0.4) is 0 Å². The van der Waals surface area contributed by atoms with Crippen molar-refractivity contribution < 1.29 is 4.79 Å². The number of aromatic nitrogens is 1. The number of primary amides is 1. The molecule has 0 saturated heterocycles. The fraction of sp³-hybridized carbons (Fsp3) is 0.0385. The number of fused-ring (bicyclic) bond motifs is 3. The van der Waals surface area contributed by atoms with Crippen LogP contribution in [0, 0.1) is 6.07 Å². The maximum atomic E-state index is 12.2. The highest BCUT2D eigenvalue weighted by Crippen LogP contribution is 2.39. The van der Waals surface area contributed by atoms with Gasteiger partial charge in [-0.1, -0.05) is 58.5 Å². The maximum Gasteiger partial charge on any atom is 0.249 e. The summed E-state index contributed by atoms with van der Waals surface area (Å²) < 4.78 is 2.09. The third-order valence-electron chi connectivity index (χ3n) is 5.57. The van der Waals surface area contributed by atoms with E-state index in [1.54, 1.807) is 30.3 Å². The van der Waals surface area contributed by atoms with E-state index in [0.717, 1.165) is 38.5 Å². The van der Waals surface area contributed by atoms with Gasteiger partial charge in [-0.05, 0) is 71.8 Å². The molecule has 0 aliphatic heterocycles. The Bertz CT molecular complexity index is 1530. The molecule has 1 heterocycles. The summed E-state index contributed by atoms with van der Waals surface area (Å²) in [4.78, 5) is 12.2. The van der Waals surface area contributed by atoms with Crippen molar-refractivity contribution in [2.24, 2.45) is 5.73 Å². The molecule has 33 heavy (non-hydrogen) atoms. The molecule has 1 aromatic heterocycles. The lowest BCUT2D eigenvalue weighted by molar-refractivity contribution is 0.100. The van der Waals surface area contributed by atoms with Crippen LogP contribution in [0.5, 0.6) is 0 Å². The maximum absolute atomic E-state index is 12.2. The first kappa shape index (κ1) is 22.1. The van der Waals surface area contributed by atoms with E-state index in [1.165, 1.54) is 0 Å². The molecule has 3 nitrogen and oxygen atoms in total. The summed E-state index contributed by atoms with van der Waals surface area (Å²) in [7, 11) is 0. The highest BCUT2D eigenvalue weighted by molar-refractivity contribution is 6.39. The van der Waals surface area contributed by atoms with Gasteiger partial charge in [0.2, 0.25) is 5.91 Å². The Kier molecular flexibility index (Phi) is 5.75. The summed E-state index contributed by atoms with van der Waals surface area (Å²) in [5.41, 5.74) is 10.3. The third kappa shape index (κ3) is 3.96. The van der Waals surface area contributed by atoms with Gasteiger partial charge in [0.05, 0.1) is 11.0 Å². The van der Waals surface area contributed by atoms with Gasteiger partial charge in [0.15, 0.2) is 0 Å². The minimum absolute atomic E-state index is 0.431. The topological polar surface area (TPSA) is 48.0 Å². The highest BCUT2D eigenvalue weighted by Gasteiger charge is 2.19. The number of amides is 1. The number of rotatable bonds is 4. The molecule has 0 aliphatic rings. The number of hydrogen-bond acceptors (Lipinski definition) is 1. The molecule has 2 N–H and O–H groups in total. The van der Waals surface area contributed by atoms with Crippen molar-refractivity contribution in [2.45, 2.75) is 6.54 Å². The number of halogens is 4. The van der Waals surface area contributed by atoms with E-state index in [4.69, 9.17) is 52.1 Å². The van der Waals surface area contributed by atoms with Gasteiger partial charge in [0.1, 0.15) is 0 Å². The smallest absolute Gasteiger partial charge is 0.249 e.